The summed E-state index contributed by atoms with van der Waals surface area (Å²) in [5.41, 5.74) is -0.348. The number of rotatable bonds is 5. The van der Waals surface area contributed by atoms with Gasteiger partial charge in [0.1, 0.15) is 0 Å². The van der Waals surface area contributed by atoms with Crippen molar-refractivity contribution in [1.29, 1.82) is 5.26 Å². The molecule has 1 aromatic heterocycles. The van der Waals surface area contributed by atoms with E-state index in [1.165, 1.54) is 6.07 Å². The summed E-state index contributed by atoms with van der Waals surface area (Å²) in [5, 5.41) is 9.71. The topological polar surface area (TPSA) is 82.9 Å². The van der Waals surface area contributed by atoms with Crippen molar-refractivity contribution >= 4 is 25.5 Å². The Balaban J connectivity index is 3.19. The van der Waals surface area contributed by atoms with Crippen molar-refractivity contribution in [2.75, 3.05) is 6.61 Å². The first-order valence-corrected chi connectivity index (χ1v) is 7.29. The van der Waals surface area contributed by atoms with Crippen molar-refractivity contribution in [2.24, 2.45) is 0 Å². The van der Waals surface area contributed by atoms with Gasteiger partial charge in [-0.2, -0.15) is 0 Å². The fourth-order valence-electron chi connectivity index (χ4n) is 1.21. The molecule has 0 aromatic carbocycles. The van der Waals surface area contributed by atoms with E-state index >= 15 is 0 Å². The normalized spacial score (nSPS) is 9.56. The molecule has 1 heterocycles. The average molecular weight is 311 g/mol. The Morgan fingerprint density at radius 2 is 2.44 bits per heavy atom. The number of hydrogen-bond donors (Lipinski definition) is 1. The van der Waals surface area contributed by atoms with Gasteiger partial charge in [-0.05, 0) is 0 Å². The van der Waals surface area contributed by atoms with E-state index < -0.39 is 11.5 Å². The predicted molar refractivity (Wildman–Crippen MR) is 68.1 cm³/mol. The second-order valence-electron chi connectivity index (χ2n) is 3.19. The summed E-state index contributed by atoms with van der Waals surface area (Å²) in [5.74, 6) is -0.710. The molecule has 5 nitrogen and oxygen atoms in total. The van der Waals surface area contributed by atoms with Crippen LogP contribution in [0.3, 0.4) is 0 Å². The number of nitriles is 1. The summed E-state index contributed by atoms with van der Waals surface area (Å²) >= 11 is -0.0703. The Labute approximate surface area is 111 Å². The first-order chi connectivity index (χ1) is 8.63. The molecule has 0 fully saturated rings. The van der Waals surface area contributed by atoms with Crippen LogP contribution in [0, 0.1) is 11.3 Å². The van der Waals surface area contributed by atoms with Gasteiger partial charge in [0, 0.05) is 0 Å². The molecule has 6 heteroatoms. The van der Waals surface area contributed by atoms with Crippen LogP contribution in [0.4, 0.5) is 0 Å². The number of pyridine rings is 1. The molecule has 0 spiro atoms. The molecule has 0 aliphatic heterocycles. The zero-order valence-corrected chi connectivity index (χ0v) is 11.6. The quantitative estimate of drug-likeness (QED) is 0.483. The van der Waals surface area contributed by atoms with Crippen LogP contribution >= 0.6 is 0 Å². The third-order valence-corrected chi connectivity index (χ3v) is 4.09. The first-order valence-electron chi connectivity index (χ1n) is 5.22. The number of carbonyl (C=O) groups is 1. The van der Waals surface area contributed by atoms with E-state index in [1.807, 2.05) is 6.07 Å². The number of allylic oxidation sites excluding steroid dienone is 1. The first kappa shape index (κ1) is 14.2. The average Bonchev–Trinajstić information content (AvgIpc) is 2.36. The number of carbonyl (C=O) groups excluding carboxylic acids is 1. The number of hydrogen-bond acceptors (Lipinski definition) is 4. The van der Waals surface area contributed by atoms with Crippen LogP contribution in [0.2, 0.25) is 5.32 Å². The number of ether oxygens (including phenoxy) is 1. The van der Waals surface area contributed by atoms with E-state index in [1.54, 1.807) is 13.0 Å². The standard InChI is InChI=1S/C12H12N2O3Se/c1-3-5-18-11-8(7-13)6-9(10(15)14-11)12(16)17-4-2/h3,6H,1,4-5H2,2H3,(H,14,15). The molecule has 0 amide bonds. The molecule has 0 unspecified atom stereocenters. The molecule has 0 aliphatic rings. The summed E-state index contributed by atoms with van der Waals surface area (Å²) in [6.45, 7) is 5.42. The minimum absolute atomic E-state index is 0.0703. The summed E-state index contributed by atoms with van der Waals surface area (Å²) in [6, 6.07) is 3.26. The van der Waals surface area contributed by atoms with Crippen LogP contribution in [0.25, 0.3) is 0 Å². The van der Waals surface area contributed by atoms with Gasteiger partial charge in [-0.1, -0.05) is 0 Å². The molecule has 0 bridgehead atoms. The summed E-state index contributed by atoms with van der Waals surface area (Å²) in [4.78, 5) is 25.8. The van der Waals surface area contributed by atoms with Gasteiger partial charge >= 0.3 is 110 Å². The molecule has 18 heavy (non-hydrogen) atoms. The van der Waals surface area contributed by atoms with Gasteiger partial charge in [0.05, 0.1) is 0 Å². The molecule has 1 N–H and O–H groups in total. The number of nitrogens with one attached hydrogen (secondary N) is 1. The van der Waals surface area contributed by atoms with Crippen LogP contribution in [0.1, 0.15) is 22.8 Å². The van der Waals surface area contributed by atoms with Crippen LogP contribution in [-0.4, -0.2) is 32.5 Å². The fraction of sp³-hybridized carbons (Fsp3) is 0.250. The summed E-state index contributed by atoms with van der Waals surface area (Å²) in [7, 11) is 0. The van der Waals surface area contributed by atoms with E-state index in [0.29, 0.717) is 15.5 Å². The van der Waals surface area contributed by atoms with E-state index in [9.17, 15) is 9.59 Å². The van der Waals surface area contributed by atoms with Crippen molar-refractivity contribution < 1.29 is 9.53 Å². The number of nitrogens with zero attached hydrogens (tertiary/aromatic N) is 1. The van der Waals surface area contributed by atoms with Gasteiger partial charge in [-0.25, -0.2) is 0 Å². The molecule has 0 saturated carbocycles. The van der Waals surface area contributed by atoms with Crippen LogP contribution in [0.5, 0.6) is 0 Å². The van der Waals surface area contributed by atoms with E-state index in [0.717, 1.165) is 0 Å². The van der Waals surface area contributed by atoms with Crippen molar-refractivity contribution in [3.05, 3.63) is 40.2 Å². The predicted octanol–water partition coefficient (Wildman–Crippen LogP) is 0.357. The zero-order chi connectivity index (χ0) is 13.5. The molecule has 1 rings (SSSR count). The SMILES string of the molecule is C=CC[Se]c1[nH]c(=O)c(C(=O)OCC)cc1C#N. The molecular weight excluding hydrogens is 299 g/mol. The van der Waals surface area contributed by atoms with Crippen molar-refractivity contribution in [3.8, 4) is 6.07 Å². The number of aromatic nitrogens is 1. The molecule has 94 valence electrons. The maximum atomic E-state index is 11.7. The van der Waals surface area contributed by atoms with Crippen molar-refractivity contribution in [2.45, 2.75) is 12.2 Å². The number of aromatic amines is 1. The van der Waals surface area contributed by atoms with Gasteiger partial charge < -0.3 is 0 Å². The Bertz CT molecular complexity index is 557. The Hall–Kier alpha value is -1.83. The Kier molecular flexibility index (Phi) is 5.37. The number of esters is 1. The van der Waals surface area contributed by atoms with E-state index in [-0.39, 0.29) is 27.1 Å². The minimum atomic E-state index is -0.710. The second kappa shape index (κ2) is 6.80. The van der Waals surface area contributed by atoms with Crippen LogP contribution in [-0.2, 0) is 4.74 Å². The maximum absolute atomic E-state index is 11.7. The monoisotopic (exact) mass is 312 g/mol. The van der Waals surface area contributed by atoms with Gasteiger partial charge in [0.25, 0.3) is 0 Å². The second-order valence-corrected chi connectivity index (χ2v) is 5.35. The van der Waals surface area contributed by atoms with Gasteiger partial charge in [-0.15, -0.1) is 0 Å². The summed E-state index contributed by atoms with van der Waals surface area (Å²) in [6.07, 6.45) is 1.72. The Morgan fingerprint density at radius 1 is 1.72 bits per heavy atom. The Morgan fingerprint density at radius 3 is 3.00 bits per heavy atom. The molecule has 0 radical (unpaired) electrons. The molecule has 0 saturated heterocycles. The van der Waals surface area contributed by atoms with E-state index in [4.69, 9.17) is 10.00 Å². The number of H-pyrrole nitrogens is 1. The van der Waals surface area contributed by atoms with Crippen LogP contribution < -0.4 is 10.2 Å². The third-order valence-electron chi connectivity index (χ3n) is 1.97. The molecule has 1 aromatic rings. The van der Waals surface area contributed by atoms with Gasteiger partial charge in [0.15, 0.2) is 0 Å². The molecule has 0 atom stereocenters. The van der Waals surface area contributed by atoms with Crippen molar-refractivity contribution in [3.63, 3.8) is 0 Å². The van der Waals surface area contributed by atoms with Gasteiger partial charge in [0.2, 0.25) is 0 Å². The van der Waals surface area contributed by atoms with E-state index in [2.05, 4.69) is 11.6 Å². The van der Waals surface area contributed by atoms with Crippen molar-refractivity contribution in [1.82, 2.24) is 4.98 Å². The molecule has 0 aliphatic carbocycles. The summed E-state index contributed by atoms with van der Waals surface area (Å²) < 4.78 is 5.32. The zero-order valence-electron chi connectivity index (χ0n) is 9.86. The fourth-order valence-corrected chi connectivity index (χ4v) is 2.70. The van der Waals surface area contributed by atoms with Crippen LogP contribution in [0.15, 0.2) is 23.5 Å². The molecular formula is C12H12N2O3Se. The van der Waals surface area contributed by atoms with Gasteiger partial charge in [-0.3, -0.25) is 0 Å². The third kappa shape index (κ3) is 3.33.